The maximum absolute atomic E-state index is 11.8. The lowest BCUT2D eigenvalue weighted by Crippen LogP contribution is -2.21. The fourth-order valence-electron chi connectivity index (χ4n) is 1.88. The molecule has 7 nitrogen and oxygen atoms in total. The van der Waals surface area contributed by atoms with Crippen LogP contribution in [-0.4, -0.2) is 19.9 Å². The molecule has 3 rings (SSSR count). The number of nitrogens with one attached hydrogen (secondary N) is 1. The summed E-state index contributed by atoms with van der Waals surface area (Å²) in [5, 5.41) is 11.5. The third-order valence-corrected chi connectivity index (χ3v) is 4.06. The van der Waals surface area contributed by atoms with Crippen molar-refractivity contribution in [2.75, 3.05) is 5.32 Å². The molecule has 0 aliphatic rings. The number of halogens is 2. The molecular formula is C14H11BrClN5O2. The molecule has 0 radical (unpaired) electrons. The number of hydrogen-bond acceptors (Lipinski definition) is 6. The molecule has 3 aromatic rings. The molecule has 0 fully saturated rings. The van der Waals surface area contributed by atoms with Crippen LogP contribution in [0.1, 0.15) is 5.89 Å². The van der Waals surface area contributed by atoms with E-state index in [9.17, 15) is 4.79 Å². The lowest BCUT2D eigenvalue weighted by molar-refractivity contribution is 0.384. The van der Waals surface area contributed by atoms with Gasteiger partial charge in [0.1, 0.15) is 4.47 Å². The molecule has 0 spiro atoms. The van der Waals surface area contributed by atoms with Gasteiger partial charge in [-0.15, -0.1) is 0 Å². The third kappa shape index (κ3) is 3.43. The van der Waals surface area contributed by atoms with E-state index in [1.165, 1.54) is 4.68 Å². The molecule has 0 bridgehead atoms. The highest BCUT2D eigenvalue weighted by atomic mass is 79.9. The molecule has 2 aromatic heterocycles. The second-order valence-corrected chi connectivity index (χ2v) is 5.91. The van der Waals surface area contributed by atoms with Crippen LogP contribution in [0.15, 0.2) is 44.3 Å². The van der Waals surface area contributed by atoms with Gasteiger partial charge in [0, 0.05) is 17.6 Å². The van der Waals surface area contributed by atoms with Crippen LogP contribution >= 0.6 is 27.5 Å². The summed E-state index contributed by atoms with van der Waals surface area (Å²) in [4.78, 5) is 16.1. The summed E-state index contributed by atoms with van der Waals surface area (Å²) in [6.07, 6.45) is 1.54. The van der Waals surface area contributed by atoms with Crippen molar-refractivity contribution in [1.29, 1.82) is 0 Å². The molecule has 2 heterocycles. The molecule has 23 heavy (non-hydrogen) atoms. The van der Waals surface area contributed by atoms with Crippen molar-refractivity contribution >= 4 is 33.2 Å². The first kappa shape index (κ1) is 15.7. The maximum Gasteiger partial charge on any atom is 0.282 e. The van der Waals surface area contributed by atoms with E-state index in [-0.39, 0.29) is 12.1 Å². The van der Waals surface area contributed by atoms with Gasteiger partial charge in [-0.3, -0.25) is 4.79 Å². The molecule has 0 atom stereocenters. The summed E-state index contributed by atoms with van der Waals surface area (Å²) in [5.74, 6) is 0.831. The van der Waals surface area contributed by atoms with Gasteiger partial charge >= 0.3 is 0 Å². The topological polar surface area (TPSA) is 85.8 Å². The van der Waals surface area contributed by atoms with Gasteiger partial charge in [0.25, 0.3) is 5.56 Å². The number of anilines is 1. The van der Waals surface area contributed by atoms with Gasteiger partial charge in [0.2, 0.25) is 11.7 Å². The Morgan fingerprint density at radius 3 is 3.04 bits per heavy atom. The molecule has 0 saturated carbocycles. The second kappa shape index (κ2) is 6.51. The zero-order chi connectivity index (χ0) is 16.4. The van der Waals surface area contributed by atoms with E-state index in [1.807, 2.05) is 12.1 Å². The van der Waals surface area contributed by atoms with Gasteiger partial charge in [-0.05, 0) is 28.1 Å². The molecule has 0 saturated heterocycles. The van der Waals surface area contributed by atoms with Gasteiger partial charge in [-0.25, -0.2) is 4.68 Å². The van der Waals surface area contributed by atoms with Gasteiger partial charge in [0.05, 0.1) is 18.4 Å². The molecule has 1 N–H and O–H groups in total. The SMILES string of the molecule is Cn1ncc(NCc2nc(-c3cccc(Cl)c3)no2)c(Br)c1=O. The summed E-state index contributed by atoms with van der Waals surface area (Å²) >= 11 is 9.18. The van der Waals surface area contributed by atoms with Crippen LogP contribution in [0, 0.1) is 0 Å². The van der Waals surface area contributed by atoms with Crippen LogP contribution in [-0.2, 0) is 13.6 Å². The van der Waals surface area contributed by atoms with Crippen molar-refractivity contribution in [3.05, 3.63) is 56.2 Å². The lowest BCUT2D eigenvalue weighted by Gasteiger charge is -2.05. The Kier molecular flexibility index (Phi) is 4.44. The minimum atomic E-state index is -0.236. The number of nitrogens with zero attached hydrogens (tertiary/aromatic N) is 4. The maximum atomic E-state index is 11.8. The number of benzene rings is 1. The first-order valence-corrected chi connectivity index (χ1v) is 7.76. The minimum absolute atomic E-state index is 0.236. The Bertz CT molecular complexity index is 908. The standard InChI is InChI=1S/C14H11BrClN5O2/c1-21-14(22)12(15)10(6-18-21)17-7-11-19-13(20-23-11)8-3-2-4-9(16)5-8/h2-6,17H,7H2,1H3. The van der Waals surface area contributed by atoms with E-state index in [1.54, 1.807) is 25.4 Å². The van der Waals surface area contributed by atoms with Gasteiger partial charge in [0.15, 0.2) is 0 Å². The van der Waals surface area contributed by atoms with Crippen LogP contribution < -0.4 is 10.9 Å². The quantitative estimate of drug-likeness (QED) is 0.730. The molecule has 0 aliphatic carbocycles. The van der Waals surface area contributed by atoms with Gasteiger partial charge < -0.3 is 9.84 Å². The summed E-state index contributed by atoms with van der Waals surface area (Å²) in [5.41, 5.74) is 1.08. The molecular weight excluding hydrogens is 386 g/mol. The number of rotatable bonds is 4. The van der Waals surface area contributed by atoms with Gasteiger partial charge in [-0.2, -0.15) is 10.1 Å². The Hall–Kier alpha value is -2.19. The van der Waals surface area contributed by atoms with E-state index in [2.05, 4.69) is 36.5 Å². The largest absolute Gasteiger partial charge is 0.374 e. The monoisotopic (exact) mass is 395 g/mol. The highest BCUT2D eigenvalue weighted by Crippen LogP contribution is 2.21. The van der Waals surface area contributed by atoms with Crippen LogP contribution in [0.25, 0.3) is 11.4 Å². The van der Waals surface area contributed by atoms with Crippen LogP contribution in [0.4, 0.5) is 5.69 Å². The fourth-order valence-corrected chi connectivity index (χ4v) is 2.57. The van der Waals surface area contributed by atoms with E-state index in [4.69, 9.17) is 16.1 Å². The number of aryl methyl sites for hydroxylation is 1. The first-order chi connectivity index (χ1) is 11.0. The molecule has 0 aliphatic heterocycles. The Morgan fingerprint density at radius 2 is 2.26 bits per heavy atom. The zero-order valence-electron chi connectivity index (χ0n) is 12.0. The Morgan fingerprint density at radius 1 is 1.43 bits per heavy atom. The summed E-state index contributed by atoms with van der Waals surface area (Å²) in [7, 11) is 1.58. The third-order valence-electron chi connectivity index (χ3n) is 3.06. The first-order valence-electron chi connectivity index (χ1n) is 6.59. The van der Waals surface area contributed by atoms with E-state index >= 15 is 0 Å². The molecule has 118 valence electrons. The van der Waals surface area contributed by atoms with Crippen LogP contribution in [0.3, 0.4) is 0 Å². The molecule has 0 amide bonds. The van der Waals surface area contributed by atoms with Crippen molar-refractivity contribution in [1.82, 2.24) is 19.9 Å². The highest BCUT2D eigenvalue weighted by Gasteiger charge is 2.11. The highest BCUT2D eigenvalue weighted by molar-refractivity contribution is 9.10. The van der Waals surface area contributed by atoms with Crippen molar-refractivity contribution in [3.63, 3.8) is 0 Å². The summed E-state index contributed by atoms with van der Waals surface area (Å²) < 4.78 is 6.82. The summed E-state index contributed by atoms with van der Waals surface area (Å²) in [6, 6.07) is 7.18. The predicted octanol–water partition coefficient (Wildman–Crippen LogP) is 2.86. The van der Waals surface area contributed by atoms with Crippen LogP contribution in [0.5, 0.6) is 0 Å². The molecule has 0 unspecified atom stereocenters. The fraction of sp³-hybridized carbons (Fsp3) is 0.143. The van der Waals surface area contributed by atoms with Crippen molar-refractivity contribution < 1.29 is 4.52 Å². The molecule has 1 aromatic carbocycles. The Balaban J connectivity index is 1.75. The van der Waals surface area contributed by atoms with E-state index < -0.39 is 0 Å². The average molecular weight is 397 g/mol. The van der Waals surface area contributed by atoms with Gasteiger partial charge in [-0.1, -0.05) is 28.9 Å². The van der Waals surface area contributed by atoms with Crippen LogP contribution in [0.2, 0.25) is 5.02 Å². The van der Waals surface area contributed by atoms with Crippen molar-refractivity contribution in [2.24, 2.45) is 7.05 Å². The average Bonchev–Trinajstić information content (AvgIpc) is 3.01. The number of aromatic nitrogens is 4. The van der Waals surface area contributed by atoms with Crippen molar-refractivity contribution in [2.45, 2.75) is 6.54 Å². The van der Waals surface area contributed by atoms with E-state index in [0.29, 0.717) is 26.9 Å². The lowest BCUT2D eigenvalue weighted by atomic mass is 10.2. The Labute approximate surface area is 144 Å². The number of hydrogen-bond donors (Lipinski definition) is 1. The molecule has 9 heteroatoms. The summed E-state index contributed by atoms with van der Waals surface area (Å²) in [6.45, 7) is 0.265. The predicted molar refractivity (Wildman–Crippen MR) is 89.2 cm³/mol. The van der Waals surface area contributed by atoms with Crippen molar-refractivity contribution in [3.8, 4) is 11.4 Å². The zero-order valence-corrected chi connectivity index (χ0v) is 14.3. The second-order valence-electron chi connectivity index (χ2n) is 4.68. The normalized spacial score (nSPS) is 10.7. The minimum Gasteiger partial charge on any atom is -0.374 e. The smallest absolute Gasteiger partial charge is 0.282 e. The van der Waals surface area contributed by atoms with E-state index in [0.717, 1.165) is 5.56 Å².